The van der Waals surface area contributed by atoms with Gasteiger partial charge in [0.05, 0.1) is 0 Å². The molecular formula is C46H30. The van der Waals surface area contributed by atoms with Gasteiger partial charge in [-0.25, -0.2) is 0 Å². The van der Waals surface area contributed by atoms with Crippen LogP contribution in [0.25, 0.3) is 67.4 Å². The highest BCUT2D eigenvalue weighted by Gasteiger charge is 2.00. The normalized spacial score (nSPS) is 11.6. The third kappa shape index (κ3) is 5.96. The minimum Gasteiger partial charge on any atom is -0.0617 e. The summed E-state index contributed by atoms with van der Waals surface area (Å²) in [6.45, 7) is 0. The van der Waals surface area contributed by atoms with Crippen molar-refractivity contribution in [3.63, 3.8) is 0 Å². The lowest BCUT2D eigenvalue weighted by Crippen LogP contribution is -1.80. The summed E-state index contributed by atoms with van der Waals surface area (Å²) in [5, 5.41) is 10.1. The fourth-order valence-corrected chi connectivity index (χ4v) is 6.01. The van der Waals surface area contributed by atoms with Crippen LogP contribution in [0.4, 0.5) is 0 Å². The fraction of sp³-hybridized carbons (Fsp3) is 0. The molecule has 0 saturated heterocycles. The van der Waals surface area contributed by atoms with Crippen LogP contribution in [0.1, 0.15) is 33.4 Å². The monoisotopic (exact) mass is 582 g/mol. The van der Waals surface area contributed by atoms with Crippen molar-refractivity contribution in [1.82, 2.24) is 0 Å². The summed E-state index contributed by atoms with van der Waals surface area (Å²) in [6.07, 6.45) is 8.66. The van der Waals surface area contributed by atoms with Gasteiger partial charge >= 0.3 is 0 Å². The summed E-state index contributed by atoms with van der Waals surface area (Å²) in [7, 11) is 0. The van der Waals surface area contributed by atoms with Gasteiger partial charge < -0.3 is 0 Å². The Balaban J connectivity index is 0.920. The zero-order valence-electron chi connectivity index (χ0n) is 25.3. The molecule has 0 N–H and O–H groups in total. The van der Waals surface area contributed by atoms with Crippen molar-refractivity contribution in [1.29, 1.82) is 0 Å². The average Bonchev–Trinajstić information content (AvgIpc) is 3.11. The van der Waals surface area contributed by atoms with Gasteiger partial charge in [-0.15, -0.1) is 0 Å². The zero-order valence-corrected chi connectivity index (χ0v) is 25.3. The molecule has 0 aliphatic rings. The Bertz CT molecular complexity index is 2320. The van der Waals surface area contributed by atoms with Crippen LogP contribution in [0.2, 0.25) is 0 Å². The van der Waals surface area contributed by atoms with Gasteiger partial charge in [-0.1, -0.05) is 133 Å². The zero-order chi connectivity index (χ0) is 30.7. The van der Waals surface area contributed by atoms with Gasteiger partial charge in [0.15, 0.2) is 0 Å². The highest BCUT2D eigenvalue weighted by molar-refractivity contribution is 6.00. The molecule has 8 rings (SSSR count). The van der Waals surface area contributed by atoms with Crippen LogP contribution in [-0.2, 0) is 0 Å². The minimum atomic E-state index is 1.00. The second-order valence-electron chi connectivity index (χ2n) is 11.8. The van der Waals surface area contributed by atoms with E-state index in [-0.39, 0.29) is 0 Å². The Morgan fingerprint density at radius 3 is 0.957 bits per heavy atom. The molecule has 0 saturated carbocycles. The first-order valence-electron chi connectivity index (χ1n) is 15.7. The predicted molar refractivity (Wildman–Crippen MR) is 200 cm³/mol. The van der Waals surface area contributed by atoms with Crippen molar-refractivity contribution >= 4 is 67.4 Å². The summed E-state index contributed by atoms with van der Waals surface area (Å²) in [4.78, 5) is 0. The Morgan fingerprint density at radius 2 is 0.565 bits per heavy atom. The molecule has 0 aliphatic heterocycles. The second-order valence-corrected chi connectivity index (χ2v) is 11.8. The van der Waals surface area contributed by atoms with Gasteiger partial charge in [0.2, 0.25) is 0 Å². The topological polar surface area (TPSA) is 0 Å². The molecule has 0 amide bonds. The van der Waals surface area contributed by atoms with Crippen molar-refractivity contribution in [3.05, 3.63) is 191 Å². The van der Waals surface area contributed by atoms with Crippen LogP contribution in [-0.4, -0.2) is 0 Å². The number of fused-ring (bicyclic) bond motifs is 4. The van der Waals surface area contributed by atoms with E-state index in [0.29, 0.717) is 0 Å². The van der Waals surface area contributed by atoms with Gasteiger partial charge in [0.25, 0.3) is 0 Å². The van der Waals surface area contributed by atoms with Crippen molar-refractivity contribution in [2.45, 2.75) is 0 Å². The highest BCUT2D eigenvalue weighted by atomic mass is 14.0. The van der Waals surface area contributed by atoms with E-state index in [9.17, 15) is 0 Å². The van der Waals surface area contributed by atoms with Crippen molar-refractivity contribution < 1.29 is 0 Å². The molecule has 0 nitrogen and oxygen atoms in total. The van der Waals surface area contributed by atoms with Crippen molar-refractivity contribution in [2.24, 2.45) is 0 Å². The van der Waals surface area contributed by atoms with Gasteiger partial charge in [-0.3, -0.25) is 0 Å². The Kier molecular flexibility index (Phi) is 7.20. The molecule has 0 spiro atoms. The second kappa shape index (κ2) is 12.1. The molecule has 8 aromatic carbocycles. The molecule has 0 radical (unpaired) electrons. The Hall–Kier alpha value is -6.16. The molecule has 214 valence electrons. The van der Waals surface area contributed by atoms with Crippen LogP contribution < -0.4 is 0 Å². The standard InChI is InChI=1S/C46H30/c1-3-7-41-31-45-27-37(23-25-43(45)29-39(41)5-1)21-19-35-15-11-33(12-16-35)9-10-34-13-17-36(18-14-34)20-22-38-24-26-44-30-40-6-2-4-8-42(40)32-46(44)28-38/h1-8,11-32H. The number of hydrogen-bond donors (Lipinski definition) is 0. The van der Waals surface area contributed by atoms with Crippen LogP contribution in [0, 0.1) is 11.8 Å². The third-order valence-corrected chi connectivity index (χ3v) is 8.57. The SMILES string of the molecule is C(#Cc1ccc(C=Cc2ccc3cc4ccccc4cc3c2)cc1)c1ccc(C=Cc2ccc3cc4ccccc4cc3c2)cc1. The Morgan fingerprint density at radius 1 is 0.261 bits per heavy atom. The van der Waals surface area contributed by atoms with E-state index in [4.69, 9.17) is 0 Å². The first-order valence-corrected chi connectivity index (χ1v) is 15.7. The summed E-state index contributed by atoms with van der Waals surface area (Å²) >= 11 is 0. The van der Waals surface area contributed by atoms with Gasteiger partial charge in [-0.05, 0) is 126 Å². The van der Waals surface area contributed by atoms with E-state index in [1.165, 1.54) is 54.2 Å². The predicted octanol–water partition coefficient (Wildman–Crippen LogP) is 12.0. The third-order valence-electron chi connectivity index (χ3n) is 8.57. The molecule has 46 heavy (non-hydrogen) atoms. The average molecular weight is 583 g/mol. The number of hydrogen-bond acceptors (Lipinski definition) is 0. The largest absolute Gasteiger partial charge is 0.0617 e. The molecule has 0 bridgehead atoms. The Labute approximate surface area is 269 Å². The van der Waals surface area contributed by atoms with E-state index in [0.717, 1.165) is 22.3 Å². The quantitative estimate of drug-likeness (QED) is 0.110. The lowest BCUT2D eigenvalue weighted by Gasteiger charge is -2.04. The minimum absolute atomic E-state index is 1.00. The number of rotatable bonds is 4. The van der Waals surface area contributed by atoms with Crippen LogP contribution in [0.5, 0.6) is 0 Å². The molecule has 0 fully saturated rings. The van der Waals surface area contributed by atoms with Crippen LogP contribution in [0.15, 0.2) is 158 Å². The summed E-state index contributed by atoms with van der Waals surface area (Å²) in [6, 6.07) is 56.2. The molecule has 0 heteroatoms. The summed E-state index contributed by atoms with van der Waals surface area (Å²) < 4.78 is 0. The lowest BCUT2D eigenvalue weighted by molar-refractivity contribution is 1.59. The first kappa shape index (κ1) is 27.4. The van der Waals surface area contributed by atoms with Crippen molar-refractivity contribution in [3.8, 4) is 11.8 Å². The van der Waals surface area contributed by atoms with Gasteiger partial charge in [0.1, 0.15) is 0 Å². The highest BCUT2D eigenvalue weighted by Crippen LogP contribution is 2.26. The molecule has 0 unspecified atom stereocenters. The summed E-state index contributed by atoms with van der Waals surface area (Å²) in [5.74, 6) is 6.62. The van der Waals surface area contributed by atoms with E-state index in [1.54, 1.807) is 0 Å². The smallest absolute Gasteiger partial charge is 0.0249 e. The van der Waals surface area contributed by atoms with Crippen LogP contribution >= 0.6 is 0 Å². The fourth-order valence-electron chi connectivity index (χ4n) is 6.01. The molecule has 0 aliphatic carbocycles. The molecule has 8 aromatic rings. The molecule has 0 aromatic heterocycles. The maximum Gasteiger partial charge on any atom is 0.0249 e. The first-order chi connectivity index (χ1) is 22.7. The van der Waals surface area contributed by atoms with E-state index in [2.05, 4.69) is 194 Å². The number of benzene rings is 8. The van der Waals surface area contributed by atoms with Crippen LogP contribution in [0.3, 0.4) is 0 Å². The van der Waals surface area contributed by atoms with E-state index >= 15 is 0 Å². The maximum absolute atomic E-state index is 3.31. The van der Waals surface area contributed by atoms with E-state index < -0.39 is 0 Å². The maximum atomic E-state index is 3.31. The van der Waals surface area contributed by atoms with Gasteiger partial charge in [-0.2, -0.15) is 0 Å². The molecular weight excluding hydrogens is 553 g/mol. The molecule has 0 heterocycles. The van der Waals surface area contributed by atoms with Gasteiger partial charge in [0, 0.05) is 11.1 Å². The molecule has 0 atom stereocenters. The summed E-state index contributed by atoms with van der Waals surface area (Å²) in [5.41, 5.74) is 6.69. The van der Waals surface area contributed by atoms with E-state index in [1.807, 2.05) is 0 Å². The van der Waals surface area contributed by atoms with Crippen molar-refractivity contribution in [2.75, 3.05) is 0 Å². The lowest BCUT2D eigenvalue weighted by atomic mass is 10.0.